The maximum Gasteiger partial charge on any atom is 0.140 e. The van der Waals surface area contributed by atoms with E-state index in [0.29, 0.717) is 0 Å². The van der Waals surface area contributed by atoms with E-state index in [1.807, 2.05) is 18.5 Å². The molecule has 1 aliphatic heterocycles. The predicted molar refractivity (Wildman–Crippen MR) is 101 cm³/mol. The van der Waals surface area contributed by atoms with Crippen LogP contribution in [0.25, 0.3) is 22.2 Å². The van der Waals surface area contributed by atoms with Crippen molar-refractivity contribution < 1.29 is 0 Å². The molecule has 1 aliphatic rings. The molecule has 0 amide bonds. The molecule has 1 N–H and O–H groups in total. The summed E-state index contributed by atoms with van der Waals surface area (Å²) in [7, 11) is 2.06. The fraction of sp³-hybridized carbons (Fsp3) is 0.143. The first-order valence-corrected chi connectivity index (χ1v) is 8.45. The summed E-state index contributed by atoms with van der Waals surface area (Å²) in [5.41, 5.74) is 7.04. The van der Waals surface area contributed by atoms with E-state index in [1.165, 1.54) is 27.6 Å². The Morgan fingerprint density at radius 2 is 1.80 bits per heavy atom. The van der Waals surface area contributed by atoms with Crippen molar-refractivity contribution >= 4 is 16.9 Å². The van der Waals surface area contributed by atoms with Gasteiger partial charge in [0.05, 0.1) is 6.04 Å². The summed E-state index contributed by atoms with van der Waals surface area (Å²) in [4.78, 5) is 9.22. The zero-order valence-electron chi connectivity index (χ0n) is 14.2. The van der Waals surface area contributed by atoms with E-state index < -0.39 is 0 Å². The molecule has 122 valence electrons. The first-order valence-electron chi connectivity index (χ1n) is 8.45. The SMILES string of the molecule is Cc1ccc(C2Nc3ncccc3-c3ccnc4c3c2cn4C)cc1. The molecule has 1 unspecified atom stereocenters. The van der Waals surface area contributed by atoms with Gasteiger partial charge >= 0.3 is 0 Å². The summed E-state index contributed by atoms with van der Waals surface area (Å²) in [6.45, 7) is 2.11. The number of anilines is 1. The molecule has 4 heterocycles. The van der Waals surface area contributed by atoms with Gasteiger partial charge in [-0.1, -0.05) is 29.8 Å². The molecule has 1 atom stereocenters. The van der Waals surface area contributed by atoms with Gasteiger partial charge in [0, 0.05) is 42.2 Å². The standard InChI is InChI=1S/C21H18N4/c1-13-5-7-14(8-6-13)19-17-12-25(2)21-18(17)15(9-11-23-21)16-4-3-10-22-20(16)24-19/h3-12,19H,1-2H3,(H,22,24). The smallest absolute Gasteiger partial charge is 0.140 e. The molecule has 0 bridgehead atoms. The molecule has 0 aliphatic carbocycles. The van der Waals surface area contributed by atoms with Crippen LogP contribution >= 0.6 is 0 Å². The molecule has 0 spiro atoms. The van der Waals surface area contributed by atoms with Crippen LogP contribution in [-0.2, 0) is 7.05 Å². The van der Waals surface area contributed by atoms with Crippen LogP contribution in [0, 0.1) is 6.92 Å². The Kier molecular flexibility index (Phi) is 2.95. The summed E-state index contributed by atoms with van der Waals surface area (Å²) in [5, 5.41) is 4.87. The molecular weight excluding hydrogens is 308 g/mol. The second-order valence-electron chi connectivity index (χ2n) is 6.64. The lowest BCUT2D eigenvalue weighted by molar-refractivity contribution is 0.898. The van der Waals surface area contributed by atoms with Gasteiger partial charge in [-0.2, -0.15) is 0 Å². The van der Waals surface area contributed by atoms with Crippen molar-refractivity contribution in [3.8, 4) is 11.1 Å². The summed E-state index contributed by atoms with van der Waals surface area (Å²) in [6.07, 6.45) is 5.90. The zero-order valence-corrected chi connectivity index (χ0v) is 14.2. The largest absolute Gasteiger partial charge is 0.359 e. The predicted octanol–water partition coefficient (Wildman–Crippen LogP) is 4.46. The maximum atomic E-state index is 4.62. The minimum atomic E-state index is 0.0448. The van der Waals surface area contributed by atoms with Crippen molar-refractivity contribution in [2.75, 3.05) is 5.32 Å². The van der Waals surface area contributed by atoms with Crippen molar-refractivity contribution in [1.82, 2.24) is 14.5 Å². The van der Waals surface area contributed by atoms with Gasteiger partial charge < -0.3 is 9.88 Å². The molecule has 3 aromatic heterocycles. The normalized spacial score (nSPS) is 15.5. The summed E-state index contributed by atoms with van der Waals surface area (Å²) < 4.78 is 2.11. The van der Waals surface area contributed by atoms with Crippen LogP contribution in [0.15, 0.2) is 61.1 Å². The topological polar surface area (TPSA) is 42.7 Å². The zero-order chi connectivity index (χ0) is 17.0. The third-order valence-corrected chi connectivity index (χ3v) is 4.99. The molecule has 25 heavy (non-hydrogen) atoms. The molecule has 4 heteroatoms. The first kappa shape index (κ1) is 14.2. The molecule has 4 nitrogen and oxygen atoms in total. The number of nitrogens with zero attached hydrogens (tertiary/aromatic N) is 3. The molecule has 4 aromatic rings. The Bertz CT molecular complexity index is 1090. The van der Waals surface area contributed by atoms with E-state index >= 15 is 0 Å². The van der Waals surface area contributed by atoms with Crippen molar-refractivity contribution in [3.63, 3.8) is 0 Å². The third-order valence-electron chi connectivity index (χ3n) is 4.99. The number of nitrogens with one attached hydrogen (secondary N) is 1. The van der Waals surface area contributed by atoms with Gasteiger partial charge in [0.1, 0.15) is 11.5 Å². The summed E-state index contributed by atoms with van der Waals surface area (Å²) >= 11 is 0. The third kappa shape index (κ3) is 2.07. The average Bonchev–Trinajstić information content (AvgIpc) is 2.90. The van der Waals surface area contributed by atoms with Crippen molar-refractivity contribution in [2.45, 2.75) is 13.0 Å². The quantitative estimate of drug-likeness (QED) is 0.561. The van der Waals surface area contributed by atoms with E-state index in [-0.39, 0.29) is 6.04 Å². The van der Waals surface area contributed by atoms with Crippen molar-refractivity contribution in [3.05, 3.63) is 77.7 Å². The van der Waals surface area contributed by atoms with Gasteiger partial charge in [-0.15, -0.1) is 0 Å². The number of aryl methyl sites for hydroxylation is 2. The van der Waals surface area contributed by atoms with E-state index in [4.69, 9.17) is 0 Å². The average molecular weight is 326 g/mol. The second-order valence-corrected chi connectivity index (χ2v) is 6.64. The highest BCUT2D eigenvalue weighted by atomic mass is 15.1. The van der Waals surface area contributed by atoms with Gasteiger partial charge in [-0.3, -0.25) is 0 Å². The number of fused-ring (bicyclic) bond motifs is 2. The number of benzene rings is 1. The molecule has 0 fully saturated rings. The van der Waals surface area contributed by atoms with Crippen LogP contribution in [0.1, 0.15) is 22.7 Å². The fourth-order valence-electron chi connectivity index (χ4n) is 3.75. The number of pyridine rings is 2. The lowest BCUT2D eigenvalue weighted by atomic mass is 9.96. The lowest BCUT2D eigenvalue weighted by Gasteiger charge is -2.19. The van der Waals surface area contributed by atoms with Gasteiger partial charge in [0.2, 0.25) is 0 Å². The number of aromatic nitrogens is 3. The number of hydrogen-bond donors (Lipinski definition) is 1. The Morgan fingerprint density at radius 3 is 2.64 bits per heavy atom. The van der Waals surface area contributed by atoms with Crippen LogP contribution in [0.3, 0.4) is 0 Å². The van der Waals surface area contributed by atoms with Crippen molar-refractivity contribution in [1.29, 1.82) is 0 Å². The van der Waals surface area contributed by atoms with Crippen LogP contribution < -0.4 is 5.32 Å². The minimum Gasteiger partial charge on any atom is -0.359 e. The molecule has 1 aromatic carbocycles. The minimum absolute atomic E-state index is 0.0448. The maximum absolute atomic E-state index is 4.62. The first-order chi connectivity index (χ1) is 12.2. The Labute approximate surface area is 146 Å². The Morgan fingerprint density at radius 1 is 0.960 bits per heavy atom. The lowest BCUT2D eigenvalue weighted by Crippen LogP contribution is -2.12. The van der Waals surface area contributed by atoms with E-state index in [1.54, 1.807) is 0 Å². The highest BCUT2D eigenvalue weighted by Gasteiger charge is 2.27. The van der Waals surface area contributed by atoms with Crippen molar-refractivity contribution in [2.24, 2.45) is 7.05 Å². The van der Waals surface area contributed by atoms with Crippen LogP contribution in [0.5, 0.6) is 0 Å². The van der Waals surface area contributed by atoms with E-state index in [9.17, 15) is 0 Å². The number of hydrogen-bond acceptors (Lipinski definition) is 3. The van der Waals surface area contributed by atoms with Gasteiger partial charge in [0.15, 0.2) is 0 Å². The van der Waals surface area contributed by atoms with Gasteiger partial charge in [-0.25, -0.2) is 9.97 Å². The molecule has 0 saturated heterocycles. The van der Waals surface area contributed by atoms with Crippen LogP contribution in [0.4, 0.5) is 5.82 Å². The number of rotatable bonds is 1. The van der Waals surface area contributed by atoms with Crippen LogP contribution in [0.2, 0.25) is 0 Å². The summed E-state index contributed by atoms with van der Waals surface area (Å²) in [5.74, 6) is 0.916. The highest BCUT2D eigenvalue weighted by Crippen LogP contribution is 2.43. The van der Waals surface area contributed by atoms with E-state index in [0.717, 1.165) is 17.0 Å². The van der Waals surface area contributed by atoms with Crippen LogP contribution in [-0.4, -0.2) is 14.5 Å². The van der Waals surface area contributed by atoms with E-state index in [2.05, 4.69) is 76.4 Å². The molecule has 0 radical (unpaired) electrons. The second kappa shape index (κ2) is 5.18. The van der Waals surface area contributed by atoms with Gasteiger partial charge in [-0.05, 0) is 36.2 Å². The Balaban J connectivity index is 1.86. The summed E-state index contributed by atoms with van der Waals surface area (Å²) in [6, 6.07) is 14.9. The molecular formula is C21H18N4. The fourth-order valence-corrected chi connectivity index (χ4v) is 3.75. The Hall–Kier alpha value is -3.14. The van der Waals surface area contributed by atoms with Gasteiger partial charge in [0.25, 0.3) is 0 Å². The molecule has 0 saturated carbocycles. The monoisotopic (exact) mass is 326 g/mol. The molecule has 5 rings (SSSR count). The highest BCUT2D eigenvalue weighted by molar-refractivity contribution is 6.00.